The van der Waals surface area contributed by atoms with Crippen molar-refractivity contribution >= 4 is 0 Å². The van der Waals surface area contributed by atoms with E-state index in [4.69, 9.17) is 9.47 Å². The van der Waals surface area contributed by atoms with Crippen molar-refractivity contribution in [3.63, 3.8) is 0 Å². The molecule has 78 valence electrons. The lowest BCUT2D eigenvalue weighted by Crippen LogP contribution is -2.00. The molecule has 0 bridgehead atoms. The largest absolute Gasteiger partial charge is 0.493 e. The molecule has 3 nitrogen and oxygen atoms in total. The number of hydrogen-bond donors (Lipinski definition) is 1. The smallest absolute Gasteiger partial charge is 0.166 e. The van der Waals surface area contributed by atoms with Gasteiger partial charge >= 0.3 is 0 Å². The van der Waals surface area contributed by atoms with Crippen LogP contribution in [0.4, 0.5) is 0 Å². The fourth-order valence-electron chi connectivity index (χ4n) is 1.54. The molecule has 1 aromatic carbocycles. The average Bonchev–Trinajstić information content (AvgIpc) is 2.26. The fraction of sp³-hybridized carbons (Fsp3) is 0.455. The Kier molecular flexibility index (Phi) is 3.77. The van der Waals surface area contributed by atoms with Crippen molar-refractivity contribution in [3.05, 3.63) is 23.3 Å². The van der Waals surface area contributed by atoms with Crippen LogP contribution in [0.25, 0.3) is 0 Å². The van der Waals surface area contributed by atoms with Gasteiger partial charge in [-0.25, -0.2) is 0 Å². The number of aliphatic hydroxyl groups is 1. The highest BCUT2D eigenvalue weighted by molar-refractivity contribution is 5.50. The summed E-state index contributed by atoms with van der Waals surface area (Å²) in [5.74, 6) is 1.29. The van der Waals surface area contributed by atoms with Gasteiger partial charge in [0.2, 0.25) is 0 Å². The molecular formula is C11H16O3. The molecule has 3 heteroatoms. The van der Waals surface area contributed by atoms with Gasteiger partial charge in [-0.1, -0.05) is 13.0 Å². The van der Waals surface area contributed by atoms with Crippen LogP contribution in [0.2, 0.25) is 0 Å². The summed E-state index contributed by atoms with van der Waals surface area (Å²) in [6.45, 7) is 2.02. The summed E-state index contributed by atoms with van der Waals surface area (Å²) in [5.41, 5.74) is 1.90. The highest BCUT2D eigenvalue weighted by Gasteiger charge is 2.12. The predicted molar refractivity (Wildman–Crippen MR) is 54.8 cm³/mol. The zero-order chi connectivity index (χ0) is 10.6. The van der Waals surface area contributed by atoms with E-state index in [0.717, 1.165) is 17.5 Å². The van der Waals surface area contributed by atoms with Gasteiger partial charge in [-0.2, -0.15) is 0 Å². The van der Waals surface area contributed by atoms with Crippen LogP contribution in [0.3, 0.4) is 0 Å². The zero-order valence-electron chi connectivity index (χ0n) is 8.83. The Bertz CT molecular complexity index is 277. The number of aliphatic hydroxyl groups excluding tert-OH is 1. The lowest BCUT2D eigenvalue weighted by atomic mass is 10.0. The maximum atomic E-state index is 9.25. The van der Waals surface area contributed by atoms with Gasteiger partial charge < -0.3 is 14.6 Å². The molecule has 1 aromatic rings. The molecule has 0 aliphatic heterocycles. The van der Waals surface area contributed by atoms with E-state index < -0.39 is 0 Å². The number of methoxy groups -OCH3 is 2. The molecule has 0 aliphatic carbocycles. The van der Waals surface area contributed by atoms with Crippen LogP contribution in [0, 0.1) is 0 Å². The van der Waals surface area contributed by atoms with Gasteiger partial charge in [0.25, 0.3) is 0 Å². The second-order valence-corrected chi connectivity index (χ2v) is 2.95. The van der Waals surface area contributed by atoms with E-state index in [2.05, 4.69) is 0 Å². The van der Waals surface area contributed by atoms with E-state index in [1.165, 1.54) is 0 Å². The first-order chi connectivity index (χ1) is 6.78. The molecule has 0 heterocycles. The van der Waals surface area contributed by atoms with Crippen molar-refractivity contribution in [2.45, 2.75) is 20.0 Å². The Morgan fingerprint density at radius 1 is 1.21 bits per heavy atom. The van der Waals surface area contributed by atoms with Crippen LogP contribution in [0.1, 0.15) is 18.1 Å². The van der Waals surface area contributed by atoms with Crippen LogP contribution in [0.5, 0.6) is 11.5 Å². The van der Waals surface area contributed by atoms with E-state index in [1.807, 2.05) is 19.1 Å². The van der Waals surface area contributed by atoms with E-state index in [0.29, 0.717) is 11.5 Å². The second kappa shape index (κ2) is 4.86. The Morgan fingerprint density at radius 2 is 1.93 bits per heavy atom. The molecule has 0 radical (unpaired) electrons. The Labute approximate surface area is 84.3 Å². The van der Waals surface area contributed by atoms with Crippen LogP contribution in [0.15, 0.2) is 12.1 Å². The minimum atomic E-state index is -0.0243. The van der Waals surface area contributed by atoms with Crippen molar-refractivity contribution < 1.29 is 14.6 Å². The molecule has 1 N–H and O–H groups in total. The number of ether oxygens (including phenoxy) is 2. The van der Waals surface area contributed by atoms with E-state index in [9.17, 15) is 5.11 Å². The quantitative estimate of drug-likeness (QED) is 0.797. The topological polar surface area (TPSA) is 38.7 Å². The maximum absolute atomic E-state index is 9.25. The van der Waals surface area contributed by atoms with Gasteiger partial charge in [0, 0.05) is 5.56 Å². The van der Waals surface area contributed by atoms with Gasteiger partial charge in [0.05, 0.1) is 20.8 Å². The van der Waals surface area contributed by atoms with Crippen molar-refractivity contribution in [1.29, 1.82) is 0 Å². The molecule has 0 saturated heterocycles. The zero-order valence-corrected chi connectivity index (χ0v) is 8.83. The van der Waals surface area contributed by atoms with Crippen molar-refractivity contribution in [2.75, 3.05) is 14.2 Å². The normalized spacial score (nSPS) is 10.0. The minimum absolute atomic E-state index is 0.0243. The van der Waals surface area contributed by atoms with E-state index in [1.54, 1.807) is 14.2 Å². The summed E-state index contributed by atoms with van der Waals surface area (Å²) in [7, 11) is 3.17. The molecule has 0 aliphatic rings. The highest BCUT2D eigenvalue weighted by Crippen LogP contribution is 2.33. The standard InChI is InChI=1S/C11H16O3/c1-4-8-5-6-10(13-2)11(14-3)9(8)7-12/h5-6,12H,4,7H2,1-3H3. The van der Waals surface area contributed by atoms with Gasteiger partial charge in [-0.15, -0.1) is 0 Å². The van der Waals surface area contributed by atoms with Crippen LogP contribution in [-0.4, -0.2) is 19.3 Å². The Hall–Kier alpha value is -1.22. The lowest BCUT2D eigenvalue weighted by molar-refractivity contribution is 0.268. The molecule has 0 spiro atoms. The Morgan fingerprint density at radius 3 is 2.36 bits per heavy atom. The van der Waals surface area contributed by atoms with Crippen molar-refractivity contribution in [1.82, 2.24) is 0 Å². The average molecular weight is 196 g/mol. The van der Waals surface area contributed by atoms with Gasteiger partial charge in [0.15, 0.2) is 11.5 Å². The summed E-state index contributed by atoms with van der Waals surface area (Å²) >= 11 is 0. The van der Waals surface area contributed by atoms with Crippen LogP contribution >= 0.6 is 0 Å². The Balaban J connectivity index is 3.28. The fourth-order valence-corrected chi connectivity index (χ4v) is 1.54. The first kappa shape index (κ1) is 10.9. The van der Waals surface area contributed by atoms with Crippen molar-refractivity contribution in [3.8, 4) is 11.5 Å². The van der Waals surface area contributed by atoms with Crippen LogP contribution in [-0.2, 0) is 13.0 Å². The lowest BCUT2D eigenvalue weighted by Gasteiger charge is -2.14. The SMILES string of the molecule is CCc1ccc(OC)c(OC)c1CO. The molecule has 0 aromatic heterocycles. The number of rotatable bonds is 4. The number of aryl methyl sites for hydroxylation is 1. The van der Waals surface area contributed by atoms with Crippen LogP contribution < -0.4 is 9.47 Å². The second-order valence-electron chi connectivity index (χ2n) is 2.95. The predicted octanol–water partition coefficient (Wildman–Crippen LogP) is 1.76. The third-order valence-corrected chi connectivity index (χ3v) is 2.28. The first-order valence-electron chi connectivity index (χ1n) is 4.62. The molecule has 0 amide bonds. The number of hydrogen-bond acceptors (Lipinski definition) is 3. The summed E-state index contributed by atoms with van der Waals surface area (Å²) < 4.78 is 10.4. The molecule has 0 fully saturated rings. The summed E-state index contributed by atoms with van der Waals surface area (Å²) in [5, 5.41) is 9.25. The first-order valence-corrected chi connectivity index (χ1v) is 4.62. The third kappa shape index (κ3) is 1.82. The van der Waals surface area contributed by atoms with Gasteiger partial charge in [-0.3, -0.25) is 0 Å². The maximum Gasteiger partial charge on any atom is 0.166 e. The van der Waals surface area contributed by atoms with Crippen molar-refractivity contribution in [2.24, 2.45) is 0 Å². The van der Waals surface area contributed by atoms with Gasteiger partial charge in [-0.05, 0) is 18.1 Å². The minimum Gasteiger partial charge on any atom is -0.493 e. The monoisotopic (exact) mass is 196 g/mol. The summed E-state index contributed by atoms with van der Waals surface area (Å²) in [6, 6.07) is 3.81. The molecular weight excluding hydrogens is 180 g/mol. The molecule has 0 atom stereocenters. The number of benzene rings is 1. The highest BCUT2D eigenvalue weighted by atomic mass is 16.5. The van der Waals surface area contributed by atoms with Gasteiger partial charge in [0.1, 0.15) is 0 Å². The molecule has 14 heavy (non-hydrogen) atoms. The molecule has 0 unspecified atom stereocenters. The third-order valence-electron chi connectivity index (χ3n) is 2.28. The summed E-state index contributed by atoms with van der Waals surface area (Å²) in [6.07, 6.45) is 0.871. The van der Waals surface area contributed by atoms with E-state index >= 15 is 0 Å². The van der Waals surface area contributed by atoms with E-state index in [-0.39, 0.29) is 6.61 Å². The summed E-state index contributed by atoms with van der Waals surface area (Å²) in [4.78, 5) is 0. The molecule has 0 saturated carbocycles. The molecule has 1 rings (SSSR count).